The molecule has 0 saturated carbocycles. The molecule has 0 radical (unpaired) electrons. The summed E-state index contributed by atoms with van der Waals surface area (Å²) >= 11 is 0. The summed E-state index contributed by atoms with van der Waals surface area (Å²) < 4.78 is 13.1. The highest BCUT2D eigenvalue weighted by Gasteiger charge is 2.39. The van der Waals surface area contributed by atoms with Gasteiger partial charge in [-0.15, -0.1) is 5.06 Å². The molecule has 6 rings (SSSR count). The highest BCUT2D eigenvalue weighted by Crippen LogP contribution is 2.34. The van der Waals surface area contributed by atoms with Crippen LogP contribution in [-0.4, -0.2) is 77.2 Å². The van der Waals surface area contributed by atoms with Gasteiger partial charge in [0.1, 0.15) is 29.8 Å². The number of imide groups is 1. The summed E-state index contributed by atoms with van der Waals surface area (Å²) in [5, 5.41) is 0.603. The van der Waals surface area contributed by atoms with Gasteiger partial charge in [-0.05, 0) is 23.3 Å². The Balaban J connectivity index is 1.12. The lowest BCUT2D eigenvalue weighted by Gasteiger charge is -2.39. The molecule has 41 heavy (non-hydrogen) atoms. The quantitative estimate of drug-likeness (QED) is 0.454. The van der Waals surface area contributed by atoms with E-state index in [-0.39, 0.29) is 31.1 Å². The van der Waals surface area contributed by atoms with Crippen LogP contribution in [0, 0.1) is 0 Å². The fourth-order valence-corrected chi connectivity index (χ4v) is 5.89. The molecule has 9 nitrogen and oxygen atoms in total. The third-order valence-corrected chi connectivity index (χ3v) is 8.03. The zero-order valence-electron chi connectivity index (χ0n) is 23.0. The molecule has 4 heterocycles. The normalized spacial score (nSPS) is 23.6. The van der Waals surface area contributed by atoms with Crippen LogP contribution in [0.4, 0.5) is 4.79 Å². The Labute approximate surface area is 239 Å². The van der Waals surface area contributed by atoms with Crippen molar-refractivity contribution in [2.24, 2.45) is 0 Å². The molecule has 4 aliphatic rings. The van der Waals surface area contributed by atoms with E-state index in [9.17, 15) is 14.4 Å². The molecule has 9 heteroatoms. The lowest BCUT2D eigenvalue weighted by Crippen LogP contribution is -2.54. The maximum atomic E-state index is 12.7. The predicted molar refractivity (Wildman–Crippen MR) is 150 cm³/mol. The van der Waals surface area contributed by atoms with Crippen molar-refractivity contribution in [2.45, 2.75) is 56.8 Å². The van der Waals surface area contributed by atoms with E-state index in [2.05, 4.69) is 41.3 Å². The molecule has 2 aromatic rings. The van der Waals surface area contributed by atoms with Gasteiger partial charge in [0.15, 0.2) is 0 Å². The Morgan fingerprint density at radius 1 is 0.756 bits per heavy atom. The molecule has 2 aromatic carbocycles. The van der Waals surface area contributed by atoms with Crippen molar-refractivity contribution in [1.29, 1.82) is 0 Å². The average molecular weight is 558 g/mol. The van der Waals surface area contributed by atoms with Crippen LogP contribution in [0.3, 0.4) is 0 Å². The van der Waals surface area contributed by atoms with Gasteiger partial charge in [-0.3, -0.25) is 14.5 Å². The Bertz CT molecular complexity index is 1240. The Kier molecular flexibility index (Phi) is 8.04. The van der Waals surface area contributed by atoms with E-state index < -0.39 is 17.9 Å². The van der Waals surface area contributed by atoms with E-state index in [1.165, 1.54) is 16.0 Å². The summed E-state index contributed by atoms with van der Waals surface area (Å²) in [6.45, 7) is 1.92. The molecule has 2 atom stereocenters. The van der Waals surface area contributed by atoms with Crippen molar-refractivity contribution < 1.29 is 28.7 Å². The molecule has 214 valence electrons. The van der Waals surface area contributed by atoms with Gasteiger partial charge in [-0.25, -0.2) is 4.79 Å². The van der Waals surface area contributed by atoms with E-state index in [1.807, 2.05) is 36.4 Å². The largest absolute Gasteiger partial charge is 0.492 e. The number of ether oxygens (including phenoxy) is 2. The molecule has 0 bridgehead atoms. The first-order valence-corrected chi connectivity index (χ1v) is 14.4. The Morgan fingerprint density at radius 2 is 1.24 bits per heavy atom. The number of amides is 3. The van der Waals surface area contributed by atoms with Crippen molar-refractivity contribution in [3.8, 4) is 0 Å². The monoisotopic (exact) mass is 557 g/mol. The average Bonchev–Trinajstić information content (AvgIpc) is 3.73. The zero-order valence-corrected chi connectivity index (χ0v) is 23.0. The van der Waals surface area contributed by atoms with Crippen molar-refractivity contribution in [2.75, 3.05) is 26.2 Å². The number of nitrogens with zero attached hydrogens (tertiary/aromatic N) is 3. The molecule has 4 aliphatic heterocycles. The number of carbonyl (C=O) groups is 3. The Hall–Kier alpha value is -4.11. The van der Waals surface area contributed by atoms with E-state index in [4.69, 9.17) is 14.3 Å². The van der Waals surface area contributed by atoms with E-state index in [0.29, 0.717) is 31.2 Å². The van der Waals surface area contributed by atoms with Crippen LogP contribution in [0.25, 0.3) is 0 Å². The molecule has 3 amide bonds. The van der Waals surface area contributed by atoms with Gasteiger partial charge in [-0.2, -0.15) is 0 Å². The smallest absolute Gasteiger partial charge is 0.434 e. The van der Waals surface area contributed by atoms with E-state index >= 15 is 0 Å². The first-order valence-electron chi connectivity index (χ1n) is 14.4. The van der Waals surface area contributed by atoms with Crippen LogP contribution >= 0.6 is 0 Å². The van der Waals surface area contributed by atoms with Gasteiger partial charge >= 0.3 is 6.09 Å². The molecule has 0 spiro atoms. The van der Waals surface area contributed by atoms with Crippen LogP contribution in [0.2, 0.25) is 0 Å². The number of hydroxylamine groups is 2. The molecule has 2 saturated heterocycles. The third-order valence-electron chi connectivity index (χ3n) is 8.03. The predicted octanol–water partition coefficient (Wildman–Crippen LogP) is 4.00. The van der Waals surface area contributed by atoms with Crippen LogP contribution in [0.1, 0.15) is 36.8 Å². The second-order valence-electron chi connectivity index (χ2n) is 10.9. The van der Waals surface area contributed by atoms with Crippen LogP contribution in [0.15, 0.2) is 84.3 Å². The first-order chi connectivity index (χ1) is 20.0. The summed E-state index contributed by atoms with van der Waals surface area (Å²) in [7, 11) is 0. The summed E-state index contributed by atoms with van der Waals surface area (Å²) in [5.74, 6) is 0.823. The third kappa shape index (κ3) is 6.30. The number of hydrogen-bond donors (Lipinski definition) is 0. The second kappa shape index (κ2) is 12.2. The minimum atomic E-state index is -0.677. The van der Waals surface area contributed by atoms with Gasteiger partial charge in [-0.1, -0.05) is 60.7 Å². The van der Waals surface area contributed by atoms with Crippen LogP contribution in [0.5, 0.6) is 0 Å². The van der Waals surface area contributed by atoms with Crippen molar-refractivity contribution in [3.05, 3.63) is 95.5 Å². The minimum Gasteiger partial charge on any atom is -0.492 e. The zero-order chi connectivity index (χ0) is 28.2. The number of hydrogen-bond acceptors (Lipinski definition) is 7. The first kappa shape index (κ1) is 27.1. The molecule has 0 aliphatic carbocycles. The minimum absolute atomic E-state index is 0.0591. The topological polar surface area (TPSA) is 88.6 Å². The van der Waals surface area contributed by atoms with Crippen molar-refractivity contribution in [1.82, 2.24) is 14.9 Å². The summed E-state index contributed by atoms with van der Waals surface area (Å²) in [6, 6.07) is 20.5. The van der Waals surface area contributed by atoms with Gasteiger partial charge in [0.25, 0.3) is 11.8 Å². The molecule has 0 N–H and O–H groups in total. The lowest BCUT2D eigenvalue weighted by molar-refractivity contribution is -0.174. The van der Waals surface area contributed by atoms with Gasteiger partial charge < -0.3 is 19.2 Å². The summed E-state index contributed by atoms with van der Waals surface area (Å²) in [5.41, 5.74) is 2.48. The molecular formula is C32H35N3O6. The molecule has 2 unspecified atom stereocenters. The van der Waals surface area contributed by atoms with Gasteiger partial charge in [0.2, 0.25) is 0 Å². The van der Waals surface area contributed by atoms with E-state index in [0.717, 1.165) is 37.2 Å². The maximum absolute atomic E-state index is 12.7. The fourth-order valence-electron chi connectivity index (χ4n) is 5.89. The highest BCUT2D eigenvalue weighted by molar-refractivity contribution is 6.01. The number of piperazine rings is 1. The maximum Gasteiger partial charge on any atom is 0.434 e. The van der Waals surface area contributed by atoms with Crippen LogP contribution < -0.4 is 0 Å². The van der Waals surface area contributed by atoms with Gasteiger partial charge in [0.05, 0.1) is 0 Å². The number of benzene rings is 2. The molecule has 2 fully saturated rings. The standard InChI is InChI=1S/C32H35N3O6/c36-29-15-16-30(37)35(29)41-32(38)34-19-17-33(18-20-34)31(27-13-11-25(39-27)21-23-7-3-1-4-8-23)28-14-12-26(40-28)22-24-9-5-2-6-10-24/h1-10,13-14,25-26,31H,11-12,15-22H2. The summed E-state index contributed by atoms with van der Waals surface area (Å²) in [4.78, 5) is 45.5. The fraction of sp³-hybridized carbons (Fsp3) is 0.406. The summed E-state index contributed by atoms with van der Waals surface area (Å²) in [6.07, 6.45) is 7.25. The van der Waals surface area contributed by atoms with Gasteiger partial charge in [0, 0.05) is 64.7 Å². The Morgan fingerprint density at radius 3 is 1.73 bits per heavy atom. The SMILES string of the molecule is O=C(ON1C(=O)CCC1=O)N1CCN(C(C2=CCC(Cc3ccccc3)O2)C2=CCC(Cc3ccccc3)O2)CC1. The number of carbonyl (C=O) groups excluding carboxylic acids is 3. The second-order valence-corrected chi connectivity index (χ2v) is 10.9. The van der Waals surface area contributed by atoms with E-state index in [1.54, 1.807) is 0 Å². The molecular weight excluding hydrogens is 522 g/mol. The lowest BCUT2D eigenvalue weighted by atomic mass is 10.1. The van der Waals surface area contributed by atoms with Crippen molar-refractivity contribution in [3.63, 3.8) is 0 Å². The number of rotatable bonds is 8. The molecule has 0 aromatic heterocycles. The highest BCUT2D eigenvalue weighted by atomic mass is 16.7. The van der Waals surface area contributed by atoms with Crippen molar-refractivity contribution >= 4 is 17.9 Å². The van der Waals surface area contributed by atoms with Crippen LogP contribution in [-0.2, 0) is 36.7 Å².